The lowest BCUT2D eigenvalue weighted by molar-refractivity contribution is -0.885. The van der Waals surface area contributed by atoms with Crippen molar-refractivity contribution >= 4 is 27.5 Å². The maximum atomic E-state index is 12.9. The normalized spacial score (nSPS) is 12.0. The summed E-state index contributed by atoms with van der Waals surface area (Å²) in [6.07, 6.45) is 0. The summed E-state index contributed by atoms with van der Waals surface area (Å²) in [5, 5.41) is 2.89. The summed E-state index contributed by atoms with van der Waals surface area (Å²) in [4.78, 5) is 13.1. The van der Waals surface area contributed by atoms with E-state index >= 15 is 0 Å². The van der Waals surface area contributed by atoms with Crippen LogP contribution in [0.25, 0.3) is 0 Å². The highest BCUT2D eigenvalue weighted by Crippen LogP contribution is 2.20. The van der Waals surface area contributed by atoms with Crippen molar-refractivity contribution in [1.82, 2.24) is 0 Å². The Morgan fingerprint density at radius 1 is 1.23 bits per heavy atom. The maximum absolute atomic E-state index is 12.9. The lowest BCUT2D eigenvalue weighted by Gasteiger charge is -2.14. The van der Waals surface area contributed by atoms with Gasteiger partial charge in [-0.1, -0.05) is 34.1 Å². The van der Waals surface area contributed by atoms with Gasteiger partial charge in [0, 0.05) is 15.7 Å². The average Bonchev–Trinajstić information content (AvgIpc) is 2.45. The van der Waals surface area contributed by atoms with Crippen LogP contribution in [0.3, 0.4) is 0 Å². The molecule has 0 saturated heterocycles. The summed E-state index contributed by atoms with van der Waals surface area (Å²) in [6.45, 7) is 3.02. The molecule has 0 radical (unpaired) electrons. The third-order valence-corrected chi connectivity index (χ3v) is 4.19. The quantitative estimate of drug-likeness (QED) is 0.838. The standard InChI is InChI=1S/C17H18BrFN2O/c1-12-3-8-15(9-16(12)18)20-17(22)11-21(2)10-13-4-6-14(19)7-5-13/h3-9H,10-11H2,1-2H3,(H,20,22)/p+1. The van der Waals surface area contributed by atoms with E-state index in [0.29, 0.717) is 13.1 Å². The minimum absolute atomic E-state index is 0.0460. The average molecular weight is 366 g/mol. The number of anilines is 1. The van der Waals surface area contributed by atoms with Crippen molar-refractivity contribution in [2.24, 2.45) is 0 Å². The summed E-state index contributed by atoms with van der Waals surface area (Å²) in [5.74, 6) is -0.292. The van der Waals surface area contributed by atoms with Gasteiger partial charge in [0.05, 0.1) is 7.05 Å². The lowest BCUT2D eigenvalue weighted by Crippen LogP contribution is -3.08. The van der Waals surface area contributed by atoms with Gasteiger partial charge in [0.15, 0.2) is 6.54 Å². The van der Waals surface area contributed by atoms with E-state index in [1.54, 1.807) is 12.1 Å². The number of carbonyl (C=O) groups is 1. The number of hydrogen-bond acceptors (Lipinski definition) is 1. The third kappa shape index (κ3) is 4.93. The molecule has 0 bridgehead atoms. The van der Waals surface area contributed by atoms with Crippen LogP contribution < -0.4 is 10.2 Å². The molecule has 3 nitrogen and oxygen atoms in total. The molecule has 0 aliphatic heterocycles. The molecule has 2 rings (SSSR count). The number of hydrogen-bond donors (Lipinski definition) is 2. The van der Waals surface area contributed by atoms with Gasteiger partial charge in [0.1, 0.15) is 12.4 Å². The van der Waals surface area contributed by atoms with Crippen LogP contribution in [0.2, 0.25) is 0 Å². The molecule has 1 amide bonds. The van der Waals surface area contributed by atoms with Crippen molar-refractivity contribution in [2.45, 2.75) is 13.5 Å². The molecule has 1 atom stereocenters. The van der Waals surface area contributed by atoms with Crippen molar-refractivity contribution in [3.05, 3.63) is 63.9 Å². The largest absolute Gasteiger partial charge is 0.326 e. The van der Waals surface area contributed by atoms with Gasteiger partial charge in [-0.2, -0.15) is 0 Å². The van der Waals surface area contributed by atoms with E-state index in [1.165, 1.54) is 12.1 Å². The van der Waals surface area contributed by atoms with E-state index in [2.05, 4.69) is 21.2 Å². The molecule has 22 heavy (non-hydrogen) atoms. The van der Waals surface area contributed by atoms with E-state index in [1.807, 2.05) is 32.2 Å². The number of rotatable bonds is 5. The Kier molecular flexibility index (Phi) is 5.69. The number of likely N-dealkylation sites (N-methyl/N-ethyl adjacent to an activating group) is 1. The Morgan fingerprint density at radius 2 is 1.91 bits per heavy atom. The number of amides is 1. The Labute approximate surface area is 138 Å². The molecule has 0 aliphatic rings. The highest BCUT2D eigenvalue weighted by Gasteiger charge is 2.11. The molecule has 5 heteroatoms. The fraction of sp³-hybridized carbons (Fsp3) is 0.235. The predicted molar refractivity (Wildman–Crippen MR) is 89.4 cm³/mol. The molecule has 0 heterocycles. The van der Waals surface area contributed by atoms with Crippen LogP contribution in [0.15, 0.2) is 46.9 Å². The summed E-state index contributed by atoms with van der Waals surface area (Å²) in [7, 11) is 1.94. The zero-order valence-corrected chi connectivity index (χ0v) is 14.2. The number of benzene rings is 2. The number of nitrogens with one attached hydrogen (secondary N) is 2. The van der Waals surface area contributed by atoms with Gasteiger partial charge < -0.3 is 10.2 Å². The van der Waals surface area contributed by atoms with Crippen LogP contribution in [0.1, 0.15) is 11.1 Å². The van der Waals surface area contributed by atoms with E-state index in [4.69, 9.17) is 0 Å². The molecule has 2 aromatic rings. The van der Waals surface area contributed by atoms with Gasteiger partial charge >= 0.3 is 0 Å². The Morgan fingerprint density at radius 3 is 2.55 bits per heavy atom. The summed E-state index contributed by atoms with van der Waals surface area (Å²) >= 11 is 3.45. The number of carbonyl (C=O) groups excluding carboxylic acids is 1. The van der Waals surface area contributed by atoms with Crippen LogP contribution in [0, 0.1) is 12.7 Å². The minimum Gasteiger partial charge on any atom is -0.326 e. The van der Waals surface area contributed by atoms with Crippen LogP contribution >= 0.6 is 15.9 Å². The highest BCUT2D eigenvalue weighted by molar-refractivity contribution is 9.10. The Hall–Kier alpha value is -1.72. The number of quaternary nitrogens is 1. The van der Waals surface area contributed by atoms with Gasteiger partial charge in [-0.05, 0) is 36.8 Å². The smallest absolute Gasteiger partial charge is 0.279 e. The second-order valence-electron chi connectivity index (χ2n) is 5.45. The molecular weight excluding hydrogens is 347 g/mol. The van der Waals surface area contributed by atoms with Crippen molar-refractivity contribution < 1.29 is 14.1 Å². The van der Waals surface area contributed by atoms with Gasteiger partial charge in [-0.25, -0.2) is 4.39 Å². The molecule has 0 spiro atoms. The summed E-state index contributed by atoms with van der Waals surface area (Å²) in [5.41, 5.74) is 2.90. The zero-order chi connectivity index (χ0) is 16.1. The number of aryl methyl sites for hydroxylation is 1. The van der Waals surface area contributed by atoms with Crippen LogP contribution in [0.4, 0.5) is 10.1 Å². The van der Waals surface area contributed by atoms with Gasteiger partial charge in [-0.15, -0.1) is 0 Å². The Bertz CT molecular complexity index is 658. The monoisotopic (exact) mass is 365 g/mol. The topological polar surface area (TPSA) is 33.5 Å². The molecule has 0 aliphatic carbocycles. The molecule has 2 N–H and O–H groups in total. The van der Waals surface area contributed by atoms with Crippen LogP contribution in [-0.2, 0) is 11.3 Å². The first-order chi connectivity index (χ1) is 10.4. The SMILES string of the molecule is Cc1ccc(NC(=O)C[NH+](C)Cc2ccc(F)cc2)cc1Br. The lowest BCUT2D eigenvalue weighted by atomic mass is 10.2. The van der Waals surface area contributed by atoms with E-state index < -0.39 is 0 Å². The minimum atomic E-state index is -0.246. The highest BCUT2D eigenvalue weighted by atomic mass is 79.9. The van der Waals surface area contributed by atoms with Crippen molar-refractivity contribution in [2.75, 3.05) is 18.9 Å². The van der Waals surface area contributed by atoms with E-state index in [0.717, 1.165) is 26.2 Å². The second-order valence-corrected chi connectivity index (χ2v) is 6.30. The van der Waals surface area contributed by atoms with Gasteiger partial charge in [0.25, 0.3) is 5.91 Å². The first-order valence-corrected chi connectivity index (χ1v) is 7.85. The van der Waals surface area contributed by atoms with E-state index in [-0.39, 0.29) is 11.7 Å². The molecule has 116 valence electrons. The maximum Gasteiger partial charge on any atom is 0.279 e. The van der Waals surface area contributed by atoms with Crippen LogP contribution in [0.5, 0.6) is 0 Å². The number of halogens is 2. The second kappa shape index (κ2) is 7.51. The summed E-state index contributed by atoms with van der Waals surface area (Å²) < 4.78 is 13.8. The van der Waals surface area contributed by atoms with Crippen molar-refractivity contribution in [3.63, 3.8) is 0 Å². The molecule has 2 aromatic carbocycles. The van der Waals surface area contributed by atoms with E-state index in [9.17, 15) is 9.18 Å². The molecule has 1 unspecified atom stereocenters. The fourth-order valence-corrected chi connectivity index (χ4v) is 2.54. The first-order valence-electron chi connectivity index (χ1n) is 7.06. The molecule has 0 fully saturated rings. The van der Waals surface area contributed by atoms with Crippen LogP contribution in [-0.4, -0.2) is 19.5 Å². The Balaban J connectivity index is 1.88. The van der Waals surface area contributed by atoms with Gasteiger partial charge in [-0.3, -0.25) is 4.79 Å². The van der Waals surface area contributed by atoms with Crippen molar-refractivity contribution in [1.29, 1.82) is 0 Å². The molecular formula is C17H19BrFN2O+. The molecule has 0 aromatic heterocycles. The third-order valence-electron chi connectivity index (χ3n) is 3.34. The predicted octanol–water partition coefficient (Wildman–Crippen LogP) is 2.55. The van der Waals surface area contributed by atoms with Gasteiger partial charge in [0.2, 0.25) is 0 Å². The fourth-order valence-electron chi connectivity index (χ4n) is 2.16. The summed E-state index contributed by atoms with van der Waals surface area (Å²) in [6, 6.07) is 12.1. The molecule has 0 saturated carbocycles. The van der Waals surface area contributed by atoms with Crippen molar-refractivity contribution in [3.8, 4) is 0 Å². The first kappa shape index (κ1) is 16.6. The zero-order valence-electron chi connectivity index (χ0n) is 12.6.